The second-order valence-corrected chi connectivity index (χ2v) is 7.81. The molecule has 0 aromatic carbocycles. The average molecular weight is 398 g/mol. The number of nitrogens with one attached hydrogen (secondary N) is 1. The summed E-state index contributed by atoms with van der Waals surface area (Å²) >= 11 is 0. The van der Waals surface area contributed by atoms with E-state index in [1.165, 1.54) is 6.07 Å². The Bertz CT molecular complexity index is 789. The number of furan rings is 1. The van der Waals surface area contributed by atoms with Crippen LogP contribution in [0, 0.1) is 10.1 Å². The number of fused-ring (bicyclic) bond motifs is 3. The molecule has 3 aliphatic heterocycles. The van der Waals surface area contributed by atoms with Gasteiger partial charge in [0.15, 0.2) is 23.6 Å². The topological polar surface area (TPSA) is 132 Å². The van der Waals surface area contributed by atoms with Crippen LogP contribution >= 0.6 is 0 Å². The van der Waals surface area contributed by atoms with Gasteiger partial charge in [0.25, 0.3) is 5.91 Å². The Labute approximate surface area is 160 Å². The SMILES string of the molecule is CC1(C)O[C@@H]2O[C@H](CNC(=O)c3ccc([N+](=O)[O-])o3)[C@@H]3OC(C)(C)O[C@H]3[C@@H]2O1. The Kier molecular flexibility index (Phi) is 4.47. The van der Waals surface area contributed by atoms with Crippen molar-refractivity contribution in [2.45, 2.75) is 70.0 Å². The number of carbonyl (C=O) groups excluding carboxylic acids is 1. The van der Waals surface area contributed by atoms with E-state index in [4.69, 9.17) is 28.1 Å². The largest absolute Gasteiger partial charge is 0.433 e. The van der Waals surface area contributed by atoms with Crippen LogP contribution in [0.1, 0.15) is 38.2 Å². The van der Waals surface area contributed by atoms with Gasteiger partial charge in [-0.2, -0.15) is 0 Å². The monoisotopic (exact) mass is 398 g/mol. The minimum atomic E-state index is -0.840. The first-order chi connectivity index (χ1) is 13.0. The predicted octanol–water partition coefficient (Wildman–Crippen LogP) is 1.31. The van der Waals surface area contributed by atoms with Crippen LogP contribution in [0.3, 0.4) is 0 Å². The summed E-state index contributed by atoms with van der Waals surface area (Å²) in [5.74, 6) is -2.94. The van der Waals surface area contributed by atoms with Crippen molar-refractivity contribution >= 4 is 11.8 Å². The Morgan fingerprint density at radius 2 is 1.71 bits per heavy atom. The van der Waals surface area contributed by atoms with Crippen LogP contribution < -0.4 is 5.32 Å². The summed E-state index contributed by atoms with van der Waals surface area (Å²) in [5.41, 5.74) is 0. The number of ether oxygens (including phenoxy) is 5. The Balaban J connectivity index is 1.46. The lowest BCUT2D eigenvalue weighted by Crippen LogP contribution is -2.57. The highest BCUT2D eigenvalue weighted by Crippen LogP contribution is 2.43. The van der Waals surface area contributed by atoms with Gasteiger partial charge in [0.2, 0.25) is 0 Å². The molecule has 0 saturated carbocycles. The van der Waals surface area contributed by atoms with Gasteiger partial charge in [0, 0.05) is 6.54 Å². The molecule has 1 N–H and O–H groups in total. The van der Waals surface area contributed by atoms with Crippen molar-refractivity contribution in [2.24, 2.45) is 0 Å². The van der Waals surface area contributed by atoms with Gasteiger partial charge in [-0.3, -0.25) is 14.9 Å². The van der Waals surface area contributed by atoms with E-state index < -0.39 is 59.0 Å². The molecule has 4 rings (SSSR count). The molecule has 11 nitrogen and oxygen atoms in total. The zero-order valence-corrected chi connectivity index (χ0v) is 15.9. The molecular formula is C17H22N2O9. The van der Waals surface area contributed by atoms with E-state index in [0.29, 0.717) is 0 Å². The molecule has 1 amide bonds. The number of nitro groups is 1. The average Bonchev–Trinajstić information content (AvgIpc) is 3.25. The van der Waals surface area contributed by atoms with Crippen molar-refractivity contribution in [1.29, 1.82) is 0 Å². The quantitative estimate of drug-likeness (QED) is 0.589. The maximum absolute atomic E-state index is 12.3. The van der Waals surface area contributed by atoms with E-state index in [0.717, 1.165) is 6.07 Å². The maximum atomic E-state index is 12.3. The molecule has 4 heterocycles. The van der Waals surface area contributed by atoms with Crippen LogP contribution in [-0.2, 0) is 23.7 Å². The molecule has 1 aromatic rings. The molecule has 28 heavy (non-hydrogen) atoms. The Hall–Kier alpha value is -2.05. The minimum absolute atomic E-state index is 0.0704. The van der Waals surface area contributed by atoms with E-state index in [2.05, 4.69) is 5.32 Å². The van der Waals surface area contributed by atoms with Crippen molar-refractivity contribution in [3.8, 4) is 0 Å². The Morgan fingerprint density at radius 1 is 1.07 bits per heavy atom. The van der Waals surface area contributed by atoms with E-state index in [-0.39, 0.29) is 12.3 Å². The summed E-state index contributed by atoms with van der Waals surface area (Å²) in [6.45, 7) is 7.22. The molecule has 3 fully saturated rings. The lowest BCUT2D eigenvalue weighted by atomic mass is 9.99. The third kappa shape index (κ3) is 3.51. The van der Waals surface area contributed by atoms with Crippen LogP contribution in [-0.4, -0.2) is 59.7 Å². The van der Waals surface area contributed by atoms with Gasteiger partial charge in [0.1, 0.15) is 29.3 Å². The molecule has 5 atom stereocenters. The first kappa shape index (κ1) is 19.3. The molecule has 0 aliphatic carbocycles. The van der Waals surface area contributed by atoms with E-state index >= 15 is 0 Å². The fraction of sp³-hybridized carbons (Fsp3) is 0.706. The zero-order chi connectivity index (χ0) is 20.3. The summed E-state index contributed by atoms with van der Waals surface area (Å²) in [7, 11) is 0. The van der Waals surface area contributed by atoms with Crippen molar-refractivity contribution in [3.63, 3.8) is 0 Å². The summed E-state index contributed by atoms with van der Waals surface area (Å²) in [6, 6.07) is 2.36. The van der Waals surface area contributed by atoms with Gasteiger partial charge in [-0.25, -0.2) is 0 Å². The molecule has 154 valence electrons. The van der Waals surface area contributed by atoms with Gasteiger partial charge >= 0.3 is 5.88 Å². The summed E-state index contributed by atoms with van der Waals surface area (Å²) < 4.78 is 34.6. The highest BCUT2D eigenvalue weighted by atomic mass is 16.9. The van der Waals surface area contributed by atoms with Crippen molar-refractivity contribution in [1.82, 2.24) is 5.32 Å². The summed E-state index contributed by atoms with van der Waals surface area (Å²) in [5, 5.41) is 13.3. The number of amides is 1. The molecule has 0 spiro atoms. The van der Waals surface area contributed by atoms with Gasteiger partial charge < -0.3 is 33.4 Å². The van der Waals surface area contributed by atoms with Crippen molar-refractivity contribution < 1.29 is 37.8 Å². The highest BCUT2D eigenvalue weighted by molar-refractivity contribution is 5.91. The summed E-state index contributed by atoms with van der Waals surface area (Å²) in [6.07, 6.45) is -2.61. The van der Waals surface area contributed by atoms with Crippen LogP contribution in [0.15, 0.2) is 16.5 Å². The maximum Gasteiger partial charge on any atom is 0.433 e. The fourth-order valence-corrected chi connectivity index (χ4v) is 3.69. The smallest absolute Gasteiger partial charge is 0.395 e. The number of carbonyl (C=O) groups is 1. The lowest BCUT2D eigenvalue weighted by Gasteiger charge is -2.37. The number of hydrogen-bond donors (Lipinski definition) is 1. The van der Waals surface area contributed by atoms with E-state index in [1.54, 1.807) is 27.7 Å². The first-order valence-electron chi connectivity index (χ1n) is 8.94. The number of hydrogen-bond acceptors (Lipinski definition) is 9. The molecule has 1 aromatic heterocycles. The first-order valence-corrected chi connectivity index (χ1v) is 8.94. The van der Waals surface area contributed by atoms with Crippen LogP contribution in [0.2, 0.25) is 0 Å². The third-order valence-corrected chi connectivity index (χ3v) is 4.71. The zero-order valence-electron chi connectivity index (χ0n) is 15.9. The standard InChI is InChI=1S/C17H22N2O9/c1-16(2)25-11-9(7-18-14(20)8-5-6-10(23-8)19(21)22)24-15-13(12(11)26-16)27-17(3,4)28-15/h5-6,9,11-13,15H,7H2,1-4H3,(H,18,20)/t9-,11+,12-,13+,15+/m1/s1. The van der Waals surface area contributed by atoms with Crippen molar-refractivity contribution in [3.05, 3.63) is 28.0 Å². The van der Waals surface area contributed by atoms with E-state index in [9.17, 15) is 14.9 Å². The normalized spacial score (nSPS) is 35.2. The minimum Gasteiger partial charge on any atom is -0.395 e. The second kappa shape index (κ2) is 6.49. The number of nitrogens with zero attached hydrogens (tertiary/aromatic N) is 1. The molecule has 0 bridgehead atoms. The molecule has 3 saturated heterocycles. The van der Waals surface area contributed by atoms with Gasteiger partial charge in [-0.05, 0) is 33.8 Å². The summed E-state index contributed by atoms with van der Waals surface area (Å²) in [4.78, 5) is 22.2. The van der Waals surface area contributed by atoms with E-state index in [1.807, 2.05) is 0 Å². The van der Waals surface area contributed by atoms with Crippen LogP contribution in [0.4, 0.5) is 5.88 Å². The molecule has 0 radical (unpaired) electrons. The Morgan fingerprint density at radius 3 is 2.39 bits per heavy atom. The van der Waals surface area contributed by atoms with Crippen LogP contribution in [0.25, 0.3) is 0 Å². The third-order valence-electron chi connectivity index (χ3n) is 4.71. The predicted molar refractivity (Wildman–Crippen MR) is 90.2 cm³/mol. The fourth-order valence-electron chi connectivity index (χ4n) is 3.69. The molecule has 11 heteroatoms. The molecule has 0 unspecified atom stereocenters. The number of rotatable bonds is 4. The molecular weight excluding hydrogens is 376 g/mol. The second-order valence-electron chi connectivity index (χ2n) is 7.81. The van der Waals surface area contributed by atoms with Crippen molar-refractivity contribution in [2.75, 3.05) is 6.54 Å². The lowest BCUT2D eigenvalue weighted by molar-refractivity contribution is -0.402. The van der Waals surface area contributed by atoms with Gasteiger partial charge in [0.05, 0.1) is 6.07 Å². The molecule has 3 aliphatic rings. The van der Waals surface area contributed by atoms with Crippen LogP contribution in [0.5, 0.6) is 0 Å². The van der Waals surface area contributed by atoms with Gasteiger partial charge in [-0.15, -0.1) is 0 Å². The highest BCUT2D eigenvalue weighted by Gasteiger charge is 2.60. The van der Waals surface area contributed by atoms with Gasteiger partial charge in [-0.1, -0.05) is 0 Å².